The molecule has 6 aromatic carbocycles. The van der Waals surface area contributed by atoms with Gasteiger partial charge in [0.15, 0.2) is 76.9 Å². The van der Waals surface area contributed by atoms with Crippen LogP contribution in [0, 0.1) is 123 Å². The maximum atomic E-state index is 15.4. The first-order valence-electron chi connectivity index (χ1n) is 27.4. The first-order chi connectivity index (χ1) is 40.0. The molecule has 0 spiro atoms. The van der Waals surface area contributed by atoms with Crippen LogP contribution in [0.3, 0.4) is 0 Å². The molecule has 6 rings (SSSR count). The SMILES string of the molecule is CCCCCCCCCCCCOc1ccc([I+]c2ccc(OCCCCCCCCCCCC)cc2)cc1.Fc1c(F)c(F)c([B-](c2c(F)c(F)c(F)c(F)c2F)(c2c(F)c(F)c(F)c(F)c2F)c2c(F)c(F)c(F)c(F)c2F)c(F)c1F. The molecular formula is C60H58BF20IO2. The highest BCUT2D eigenvalue weighted by molar-refractivity contribution is 7.20. The molecule has 460 valence electrons. The van der Waals surface area contributed by atoms with E-state index in [0.717, 1.165) is 37.6 Å². The first-order valence-corrected chi connectivity index (χ1v) is 29.5. The molecule has 0 amide bonds. The Morgan fingerprint density at radius 1 is 0.250 bits per heavy atom. The van der Waals surface area contributed by atoms with Crippen LogP contribution in [0.5, 0.6) is 11.5 Å². The van der Waals surface area contributed by atoms with Gasteiger partial charge in [-0.2, -0.15) is 0 Å². The van der Waals surface area contributed by atoms with Gasteiger partial charge in [-0.05, 0) is 61.4 Å². The first kappa shape index (κ1) is 69.1. The van der Waals surface area contributed by atoms with E-state index in [1.54, 1.807) is 0 Å². The summed E-state index contributed by atoms with van der Waals surface area (Å²) in [5.74, 6) is -69.4. The van der Waals surface area contributed by atoms with Crippen LogP contribution in [-0.4, -0.2) is 19.4 Å². The van der Waals surface area contributed by atoms with E-state index in [1.807, 2.05) is 0 Å². The second-order valence-electron chi connectivity index (χ2n) is 19.9. The third kappa shape index (κ3) is 16.0. The Labute approximate surface area is 483 Å². The molecule has 0 heterocycles. The zero-order valence-corrected chi connectivity index (χ0v) is 47.7. The lowest BCUT2D eigenvalue weighted by Gasteiger charge is -2.44. The molecule has 0 bridgehead atoms. The Bertz CT molecular complexity index is 2700. The fraction of sp³-hybridized carbons (Fsp3) is 0.400. The number of rotatable bonds is 30. The molecule has 0 N–H and O–H groups in total. The van der Waals surface area contributed by atoms with Crippen molar-refractivity contribution >= 4 is 28.0 Å². The van der Waals surface area contributed by atoms with Crippen molar-refractivity contribution in [2.75, 3.05) is 13.2 Å². The van der Waals surface area contributed by atoms with Gasteiger partial charge < -0.3 is 9.47 Å². The Morgan fingerprint density at radius 3 is 0.631 bits per heavy atom. The zero-order chi connectivity index (χ0) is 62.0. The van der Waals surface area contributed by atoms with Crippen molar-refractivity contribution in [1.82, 2.24) is 0 Å². The summed E-state index contributed by atoms with van der Waals surface area (Å²) in [6.07, 6.45) is 20.0. The highest BCUT2D eigenvalue weighted by Gasteiger charge is 2.52. The van der Waals surface area contributed by atoms with E-state index < -0.39 is 144 Å². The smallest absolute Gasteiger partial charge is 0.357 e. The van der Waals surface area contributed by atoms with E-state index in [-0.39, 0.29) is 21.2 Å². The van der Waals surface area contributed by atoms with Crippen LogP contribution in [-0.2, 0) is 0 Å². The second-order valence-corrected chi connectivity index (χ2v) is 22.9. The molecule has 24 heteroatoms. The van der Waals surface area contributed by atoms with Gasteiger partial charge >= 0.3 is 21.2 Å². The number of halogens is 21. The van der Waals surface area contributed by atoms with Crippen molar-refractivity contribution in [2.24, 2.45) is 0 Å². The van der Waals surface area contributed by atoms with E-state index in [4.69, 9.17) is 9.47 Å². The molecule has 0 atom stereocenters. The lowest BCUT2D eigenvalue weighted by atomic mass is 9.12. The van der Waals surface area contributed by atoms with Gasteiger partial charge in [-0.3, -0.25) is 0 Å². The molecule has 2 nitrogen and oxygen atoms in total. The molecule has 84 heavy (non-hydrogen) atoms. The van der Waals surface area contributed by atoms with Gasteiger partial charge in [-0.1, -0.05) is 129 Å². The maximum Gasteiger partial charge on any atom is 0.357 e. The number of hydrogen-bond acceptors (Lipinski definition) is 2. The van der Waals surface area contributed by atoms with Crippen molar-refractivity contribution in [3.05, 3.63) is 172 Å². The molecule has 6 aromatic rings. The summed E-state index contributed by atoms with van der Waals surface area (Å²) in [5, 5.41) is 0. The van der Waals surface area contributed by atoms with Crippen LogP contribution >= 0.6 is 0 Å². The summed E-state index contributed by atoms with van der Waals surface area (Å²) in [6, 6.07) is 17.6. The normalized spacial score (nSPS) is 11.6. The third-order valence-electron chi connectivity index (χ3n) is 14.1. The summed E-state index contributed by atoms with van der Waals surface area (Å²) in [4.78, 5) is 0. The van der Waals surface area contributed by atoms with Gasteiger partial charge in [-0.15, -0.1) is 21.9 Å². The van der Waals surface area contributed by atoms with E-state index in [1.165, 1.54) is 123 Å². The van der Waals surface area contributed by atoms with E-state index in [0.29, 0.717) is 0 Å². The van der Waals surface area contributed by atoms with Crippen LogP contribution in [0.1, 0.15) is 142 Å². The van der Waals surface area contributed by atoms with Gasteiger partial charge in [0.05, 0.1) is 13.2 Å². The number of unbranched alkanes of at least 4 members (excludes halogenated alkanes) is 18. The predicted molar refractivity (Wildman–Crippen MR) is 274 cm³/mol. The quantitative estimate of drug-likeness (QED) is 0.0112. The zero-order valence-electron chi connectivity index (χ0n) is 45.5. The second kappa shape index (κ2) is 32.7. The summed E-state index contributed by atoms with van der Waals surface area (Å²) in [6.45, 7) is 6.25. The van der Waals surface area contributed by atoms with E-state index in [9.17, 15) is 52.7 Å². The lowest BCUT2D eigenvalue weighted by molar-refractivity contribution is -0.597. The Kier molecular flexibility index (Phi) is 26.9. The molecule has 0 unspecified atom stereocenters. The molecule has 0 aliphatic rings. The fourth-order valence-corrected chi connectivity index (χ4v) is 11.9. The van der Waals surface area contributed by atoms with Gasteiger partial charge in [0.1, 0.15) is 64.2 Å². The summed E-state index contributed by atoms with van der Waals surface area (Å²) in [5.41, 5.74) is -14.3. The van der Waals surface area contributed by atoms with Crippen LogP contribution in [0.2, 0.25) is 0 Å². The largest absolute Gasteiger partial charge is 0.494 e. The standard InChI is InChI=1S/C36H58IO2.C24BF20/c1-3-5-7-9-11-13-15-17-19-21-31-38-35-27-23-33(24-28-35)37-34-25-29-36(30-26-34)39-32-22-20-18-16-14-12-10-8-6-4-2;26-5-1(6(27)14(35)21(42)13(5)34)25(2-7(28)15(36)22(43)16(37)8(2)29,3-9(30)17(38)23(44)18(39)10(3)31)4-11(32)19(40)24(45)20(41)12(4)33/h23-30H,3-22,31-32H2,1-2H3;/q+1;-1. The van der Waals surface area contributed by atoms with Crippen LogP contribution in [0.4, 0.5) is 87.8 Å². The highest BCUT2D eigenvalue weighted by atomic mass is 127. The average molecular weight is 1330 g/mol. The van der Waals surface area contributed by atoms with Gasteiger partial charge in [-0.25, -0.2) is 87.8 Å². The third-order valence-corrected chi connectivity index (χ3v) is 16.8. The molecule has 0 fully saturated rings. The minimum Gasteiger partial charge on any atom is -0.494 e. The summed E-state index contributed by atoms with van der Waals surface area (Å²) < 4.78 is 309. The molecule has 0 aliphatic heterocycles. The van der Waals surface area contributed by atoms with E-state index in [2.05, 4.69) is 62.4 Å². The molecule has 0 radical (unpaired) electrons. The van der Waals surface area contributed by atoms with E-state index >= 15 is 35.1 Å². The topological polar surface area (TPSA) is 18.5 Å². The Hall–Kier alpha value is -5.69. The molecule has 0 aromatic heterocycles. The van der Waals surface area contributed by atoms with Crippen molar-refractivity contribution in [3.63, 3.8) is 0 Å². The number of benzene rings is 6. The van der Waals surface area contributed by atoms with Crippen molar-refractivity contribution < 1.29 is 118 Å². The minimum absolute atomic E-state index is 0.171. The molecule has 0 saturated carbocycles. The Balaban J connectivity index is 0.000000311. The lowest BCUT2D eigenvalue weighted by Crippen LogP contribution is -3.61. The maximum absolute atomic E-state index is 15.4. The van der Waals surface area contributed by atoms with Crippen LogP contribution in [0.25, 0.3) is 0 Å². The minimum atomic E-state index is -7.22. The van der Waals surface area contributed by atoms with Crippen LogP contribution < -0.4 is 52.5 Å². The molecule has 0 saturated heterocycles. The van der Waals surface area contributed by atoms with Gasteiger partial charge in [0.2, 0.25) is 0 Å². The highest BCUT2D eigenvalue weighted by Crippen LogP contribution is 2.31. The van der Waals surface area contributed by atoms with Gasteiger partial charge in [0.25, 0.3) is 0 Å². The van der Waals surface area contributed by atoms with Crippen molar-refractivity contribution in [1.29, 1.82) is 0 Å². The summed E-state index contributed by atoms with van der Waals surface area (Å²) in [7, 11) is 0. The van der Waals surface area contributed by atoms with Crippen molar-refractivity contribution in [3.8, 4) is 11.5 Å². The number of hydrogen-bond donors (Lipinski definition) is 0. The van der Waals surface area contributed by atoms with Crippen molar-refractivity contribution in [2.45, 2.75) is 142 Å². The monoisotopic (exact) mass is 1330 g/mol. The Morgan fingerprint density at radius 2 is 0.429 bits per heavy atom. The van der Waals surface area contributed by atoms with Gasteiger partial charge in [0, 0.05) is 0 Å². The average Bonchev–Trinajstić information content (AvgIpc) is 0.703. The number of ether oxygens (including phenoxy) is 2. The fourth-order valence-electron chi connectivity index (χ4n) is 9.75. The molecular weight excluding hydrogens is 1270 g/mol. The summed E-state index contributed by atoms with van der Waals surface area (Å²) >= 11 is -0.171. The predicted octanol–water partition coefficient (Wildman–Crippen LogP) is 14.3. The molecule has 0 aliphatic carbocycles. The van der Waals surface area contributed by atoms with Crippen LogP contribution in [0.15, 0.2) is 48.5 Å².